The number of hydrogen-bond donors (Lipinski definition) is 3. The van der Waals surface area contributed by atoms with E-state index in [9.17, 15) is 23.6 Å². The van der Waals surface area contributed by atoms with E-state index >= 15 is 0 Å². The summed E-state index contributed by atoms with van der Waals surface area (Å²) in [5.41, 5.74) is -0.312. The van der Waals surface area contributed by atoms with Crippen molar-refractivity contribution in [3.63, 3.8) is 0 Å². The number of hydrogen-bond acceptors (Lipinski definition) is 7. The minimum atomic E-state index is -3.81. The summed E-state index contributed by atoms with van der Waals surface area (Å²) in [7, 11) is -2.59. The summed E-state index contributed by atoms with van der Waals surface area (Å²) < 4.78 is 31.5. The molecule has 3 aromatic carbocycles. The lowest BCUT2D eigenvalue weighted by Crippen LogP contribution is -2.26. The summed E-state index contributed by atoms with van der Waals surface area (Å²) >= 11 is 0. The van der Waals surface area contributed by atoms with Crippen molar-refractivity contribution in [3.05, 3.63) is 70.8 Å². The molecule has 0 fully saturated rings. The lowest BCUT2D eigenvalue weighted by atomic mass is 10.1. The van der Waals surface area contributed by atoms with Gasteiger partial charge in [0, 0.05) is 18.0 Å². The molecule has 1 atom stereocenters. The zero-order valence-electron chi connectivity index (χ0n) is 16.1. The van der Waals surface area contributed by atoms with Crippen molar-refractivity contribution < 1.29 is 23.2 Å². The third kappa shape index (κ3) is 4.85. The average Bonchev–Trinajstić information content (AvgIpc) is 2.75. The molecule has 3 aromatic rings. The van der Waals surface area contributed by atoms with E-state index in [1.807, 2.05) is 36.4 Å². The van der Waals surface area contributed by atoms with Crippen LogP contribution >= 0.6 is 0 Å². The molecule has 0 aromatic heterocycles. The maximum Gasteiger partial charge on any atom is 0.293 e. The van der Waals surface area contributed by atoms with Gasteiger partial charge in [-0.15, -0.1) is 0 Å². The Hall–Kier alpha value is -3.21. The number of ether oxygens (including phenoxy) is 1. The SMILES string of the molecule is CNS(=O)(=O)c1ccc(NCC(O)COc2cccc3ccccc23)c([N+](=O)[O-])c1. The number of anilines is 1. The molecule has 9 nitrogen and oxygen atoms in total. The van der Waals surface area contributed by atoms with Crippen molar-refractivity contribution in [2.24, 2.45) is 0 Å². The van der Waals surface area contributed by atoms with Crippen molar-refractivity contribution in [2.45, 2.75) is 11.0 Å². The molecule has 0 aliphatic rings. The monoisotopic (exact) mass is 431 g/mol. The summed E-state index contributed by atoms with van der Waals surface area (Å²) in [6, 6.07) is 16.8. The van der Waals surface area contributed by atoms with Gasteiger partial charge in [-0.3, -0.25) is 10.1 Å². The summed E-state index contributed by atoms with van der Waals surface area (Å²) in [5, 5.41) is 26.3. The molecule has 0 saturated heterocycles. The van der Waals surface area contributed by atoms with Crippen LogP contribution in [0, 0.1) is 10.1 Å². The summed E-state index contributed by atoms with van der Waals surface area (Å²) in [6.45, 7) is -0.0508. The van der Waals surface area contributed by atoms with Crippen molar-refractivity contribution in [1.82, 2.24) is 4.72 Å². The number of nitrogens with zero attached hydrogens (tertiary/aromatic N) is 1. The van der Waals surface area contributed by atoms with Crippen molar-refractivity contribution >= 4 is 32.2 Å². The molecule has 0 amide bonds. The van der Waals surface area contributed by atoms with E-state index in [0.717, 1.165) is 16.8 Å². The van der Waals surface area contributed by atoms with E-state index in [2.05, 4.69) is 10.0 Å². The first kappa shape index (κ1) is 21.5. The van der Waals surface area contributed by atoms with Gasteiger partial charge in [-0.25, -0.2) is 13.1 Å². The van der Waals surface area contributed by atoms with Gasteiger partial charge in [0.1, 0.15) is 24.1 Å². The normalized spacial score (nSPS) is 12.5. The van der Waals surface area contributed by atoms with Crippen LogP contribution in [0.3, 0.4) is 0 Å². The van der Waals surface area contributed by atoms with Gasteiger partial charge >= 0.3 is 0 Å². The molecule has 0 saturated carbocycles. The van der Waals surface area contributed by atoms with E-state index in [0.29, 0.717) is 5.75 Å². The fraction of sp³-hybridized carbons (Fsp3) is 0.200. The second-order valence-electron chi connectivity index (χ2n) is 6.47. The highest BCUT2D eigenvalue weighted by Gasteiger charge is 2.21. The van der Waals surface area contributed by atoms with Crippen LogP contribution in [0.2, 0.25) is 0 Å². The second kappa shape index (κ2) is 9.08. The van der Waals surface area contributed by atoms with Crippen LogP contribution in [0.25, 0.3) is 10.8 Å². The predicted molar refractivity (Wildman–Crippen MR) is 113 cm³/mol. The molecule has 30 heavy (non-hydrogen) atoms. The Kier molecular flexibility index (Phi) is 6.50. The van der Waals surface area contributed by atoms with E-state index in [1.54, 1.807) is 6.07 Å². The Morgan fingerprint density at radius 2 is 1.87 bits per heavy atom. The molecule has 10 heteroatoms. The highest BCUT2D eigenvalue weighted by Crippen LogP contribution is 2.28. The lowest BCUT2D eigenvalue weighted by Gasteiger charge is -2.15. The largest absolute Gasteiger partial charge is 0.490 e. The number of nitrogens with one attached hydrogen (secondary N) is 2. The van der Waals surface area contributed by atoms with Gasteiger partial charge in [-0.05, 0) is 30.6 Å². The van der Waals surface area contributed by atoms with Crippen molar-refractivity contribution in [1.29, 1.82) is 0 Å². The zero-order chi connectivity index (χ0) is 21.7. The number of nitro groups is 1. The number of benzene rings is 3. The van der Waals surface area contributed by atoms with Crippen molar-refractivity contribution in [3.8, 4) is 5.75 Å². The molecule has 158 valence electrons. The maximum absolute atomic E-state index is 11.9. The van der Waals surface area contributed by atoms with E-state index in [-0.39, 0.29) is 23.7 Å². The topological polar surface area (TPSA) is 131 Å². The Labute approximate surface area is 173 Å². The van der Waals surface area contributed by atoms with Gasteiger partial charge < -0.3 is 15.2 Å². The highest BCUT2D eigenvalue weighted by atomic mass is 32.2. The minimum Gasteiger partial charge on any atom is -0.490 e. The van der Waals surface area contributed by atoms with Gasteiger partial charge in [0.15, 0.2) is 0 Å². The summed E-state index contributed by atoms with van der Waals surface area (Å²) in [6.07, 6.45) is -0.954. The van der Waals surface area contributed by atoms with Crippen LogP contribution in [0.15, 0.2) is 65.6 Å². The number of nitro benzene ring substituents is 1. The van der Waals surface area contributed by atoms with Crippen LogP contribution in [0.1, 0.15) is 0 Å². The number of fused-ring (bicyclic) bond motifs is 1. The van der Waals surface area contributed by atoms with Crippen molar-refractivity contribution in [2.75, 3.05) is 25.5 Å². The Morgan fingerprint density at radius 1 is 1.13 bits per heavy atom. The molecule has 0 aliphatic heterocycles. The number of rotatable bonds is 9. The molecule has 1 unspecified atom stereocenters. The first-order chi connectivity index (χ1) is 14.3. The van der Waals surface area contributed by atoms with Crippen LogP contribution in [-0.2, 0) is 10.0 Å². The van der Waals surface area contributed by atoms with Crippen LogP contribution in [0.5, 0.6) is 5.75 Å². The first-order valence-corrected chi connectivity index (χ1v) is 10.5. The fourth-order valence-electron chi connectivity index (χ4n) is 2.89. The third-order valence-corrected chi connectivity index (χ3v) is 5.87. The molecule has 0 spiro atoms. The van der Waals surface area contributed by atoms with Gasteiger partial charge in [-0.2, -0.15) is 0 Å². The van der Waals surface area contributed by atoms with Gasteiger partial charge in [-0.1, -0.05) is 36.4 Å². The van der Waals surface area contributed by atoms with Crippen LogP contribution < -0.4 is 14.8 Å². The number of aliphatic hydroxyl groups is 1. The molecule has 0 heterocycles. The Morgan fingerprint density at radius 3 is 2.60 bits per heavy atom. The quantitative estimate of drug-likeness (QED) is 0.350. The smallest absolute Gasteiger partial charge is 0.293 e. The number of sulfonamides is 1. The average molecular weight is 431 g/mol. The van der Waals surface area contributed by atoms with E-state index in [1.165, 1.54) is 19.2 Å². The fourth-order valence-corrected chi connectivity index (χ4v) is 3.64. The summed E-state index contributed by atoms with van der Waals surface area (Å²) in [4.78, 5) is 10.4. The molecule has 0 aliphatic carbocycles. The molecule has 3 rings (SSSR count). The zero-order valence-corrected chi connectivity index (χ0v) is 16.9. The van der Waals surface area contributed by atoms with Gasteiger partial charge in [0.25, 0.3) is 5.69 Å². The molecule has 0 bridgehead atoms. The lowest BCUT2D eigenvalue weighted by molar-refractivity contribution is -0.384. The standard InChI is InChI=1S/C20H21N3O6S/c1-21-30(27,28)16-9-10-18(19(11-16)23(25)26)22-12-15(24)13-29-20-8-4-6-14-5-2-3-7-17(14)20/h2-11,15,21-22,24H,12-13H2,1H3. The molecular formula is C20H21N3O6S. The Bertz CT molecular complexity index is 1160. The third-order valence-electron chi connectivity index (χ3n) is 4.45. The van der Waals surface area contributed by atoms with Crippen LogP contribution in [0.4, 0.5) is 11.4 Å². The first-order valence-electron chi connectivity index (χ1n) is 9.06. The minimum absolute atomic E-state index is 0.0241. The second-order valence-corrected chi connectivity index (χ2v) is 8.35. The van der Waals surface area contributed by atoms with Gasteiger partial charge in [0.05, 0.1) is 9.82 Å². The van der Waals surface area contributed by atoms with Gasteiger partial charge in [0.2, 0.25) is 10.0 Å². The molecule has 0 radical (unpaired) electrons. The Balaban J connectivity index is 1.67. The predicted octanol–water partition coefficient (Wildman–Crippen LogP) is 2.51. The number of aliphatic hydroxyl groups excluding tert-OH is 1. The highest BCUT2D eigenvalue weighted by molar-refractivity contribution is 7.89. The molecular weight excluding hydrogens is 410 g/mol. The summed E-state index contributed by atoms with van der Waals surface area (Å²) in [5.74, 6) is 0.625. The molecule has 3 N–H and O–H groups in total. The van der Waals surface area contributed by atoms with E-state index in [4.69, 9.17) is 4.74 Å². The van der Waals surface area contributed by atoms with E-state index < -0.39 is 26.7 Å². The maximum atomic E-state index is 11.9. The van der Waals surface area contributed by atoms with Crippen LogP contribution in [-0.4, -0.2) is 44.8 Å².